The molecule has 0 saturated carbocycles. The molecule has 3 rings (SSSR count). The number of allylic oxidation sites excluding steroid dienone is 2. The monoisotopic (exact) mass is 298 g/mol. The summed E-state index contributed by atoms with van der Waals surface area (Å²) in [7, 11) is 0. The van der Waals surface area contributed by atoms with Crippen LogP contribution in [-0.2, 0) is 4.79 Å². The Morgan fingerprint density at radius 3 is 2.95 bits per heavy atom. The third-order valence-electron chi connectivity index (χ3n) is 4.12. The van der Waals surface area contributed by atoms with Crippen LogP contribution in [-0.4, -0.2) is 40.0 Å². The number of rotatable bonds is 3. The van der Waals surface area contributed by atoms with Gasteiger partial charge >= 0.3 is 0 Å². The highest BCUT2D eigenvalue weighted by molar-refractivity contribution is 5.79. The average Bonchev–Trinajstić information content (AvgIpc) is 3.04. The van der Waals surface area contributed by atoms with Crippen LogP contribution < -0.4 is 4.74 Å². The molecule has 1 amide bonds. The van der Waals surface area contributed by atoms with E-state index in [0.29, 0.717) is 13.1 Å². The van der Waals surface area contributed by atoms with Crippen molar-refractivity contribution in [1.82, 2.24) is 14.9 Å². The van der Waals surface area contributed by atoms with Crippen molar-refractivity contribution >= 4 is 5.91 Å². The lowest BCUT2D eigenvalue weighted by atomic mass is 9.93. The van der Waals surface area contributed by atoms with Gasteiger partial charge in [-0.1, -0.05) is 12.2 Å². The zero-order valence-corrected chi connectivity index (χ0v) is 12.3. The number of nitriles is 1. The number of aromatic nitrogens is 2. The first-order chi connectivity index (χ1) is 10.8. The highest BCUT2D eigenvalue weighted by Gasteiger charge is 2.32. The lowest BCUT2D eigenvalue weighted by Crippen LogP contribution is -2.36. The van der Waals surface area contributed by atoms with Crippen molar-refractivity contribution in [3.8, 4) is 11.9 Å². The van der Waals surface area contributed by atoms with Gasteiger partial charge in [0, 0.05) is 31.3 Å². The lowest BCUT2D eigenvalue weighted by molar-refractivity contribution is -0.135. The van der Waals surface area contributed by atoms with Crippen LogP contribution in [0.4, 0.5) is 0 Å². The molecule has 0 radical (unpaired) electrons. The van der Waals surface area contributed by atoms with Crippen molar-refractivity contribution in [2.24, 2.45) is 5.92 Å². The Hall–Kier alpha value is -2.42. The van der Waals surface area contributed by atoms with E-state index in [1.54, 1.807) is 0 Å². The largest absolute Gasteiger partial charge is 0.470 e. The van der Waals surface area contributed by atoms with Gasteiger partial charge in [-0.05, 0) is 19.3 Å². The standard InChI is InChI=1S/C16H18N4O2/c17-10-14-15(19-8-7-18-14)22-13-6-9-20(11-13)16(21)12-4-2-1-3-5-12/h1-2,7-8,12-13H,3-6,9,11H2. The van der Waals surface area contributed by atoms with E-state index in [2.05, 4.69) is 22.1 Å². The number of likely N-dealkylation sites (tertiary alicyclic amines) is 1. The number of amides is 1. The predicted molar refractivity (Wildman–Crippen MR) is 78.8 cm³/mol. The summed E-state index contributed by atoms with van der Waals surface area (Å²) < 4.78 is 5.76. The highest BCUT2D eigenvalue weighted by atomic mass is 16.5. The van der Waals surface area contributed by atoms with Crippen molar-refractivity contribution in [2.45, 2.75) is 31.8 Å². The van der Waals surface area contributed by atoms with Crippen LogP contribution in [0.3, 0.4) is 0 Å². The van der Waals surface area contributed by atoms with Crippen LogP contribution in [0.2, 0.25) is 0 Å². The van der Waals surface area contributed by atoms with Crippen molar-refractivity contribution in [1.29, 1.82) is 5.26 Å². The molecule has 114 valence electrons. The molecular weight excluding hydrogens is 280 g/mol. The fourth-order valence-corrected chi connectivity index (χ4v) is 2.95. The number of carbonyl (C=O) groups excluding carboxylic acids is 1. The third-order valence-corrected chi connectivity index (χ3v) is 4.12. The fourth-order valence-electron chi connectivity index (χ4n) is 2.95. The molecule has 6 nitrogen and oxygen atoms in total. The average molecular weight is 298 g/mol. The Labute approximate surface area is 129 Å². The summed E-state index contributed by atoms with van der Waals surface area (Å²) in [5, 5.41) is 9.00. The molecule has 2 heterocycles. The van der Waals surface area contributed by atoms with Crippen LogP contribution in [0.15, 0.2) is 24.5 Å². The number of ether oxygens (including phenoxy) is 1. The van der Waals surface area contributed by atoms with Gasteiger partial charge in [0.25, 0.3) is 5.88 Å². The number of hydrogen-bond acceptors (Lipinski definition) is 5. The van der Waals surface area contributed by atoms with Gasteiger partial charge in [0.1, 0.15) is 12.2 Å². The van der Waals surface area contributed by atoms with Gasteiger partial charge < -0.3 is 9.64 Å². The van der Waals surface area contributed by atoms with Crippen LogP contribution >= 0.6 is 0 Å². The van der Waals surface area contributed by atoms with E-state index in [1.807, 2.05) is 11.0 Å². The van der Waals surface area contributed by atoms with Crippen LogP contribution in [0.25, 0.3) is 0 Å². The van der Waals surface area contributed by atoms with E-state index >= 15 is 0 Å². The maximum atomic E-state index is 12.5. The zero-order chi connectivity index (χ0) is 15.4. The van der Waals surface area contributed by atoms with E-state index in [-0.39, 0.29) is 29.5 Å². The fraction of sp³-hybridized carbons (Fsp3) is 0.500. The molecule has 2 aliphatic rings. The van der Waals surface area contributed by atoms with Crippen LogP contribution in [0.1, 0.15) is 31.4 Å². The quantitative estimate of drug-likeness (QED) is 0.793. The Bertz CT molecular complexity index is 623. The highest BCUT2D eigenvalue weighted by Crippen LogP contribution is 2.24. The Balaban J connectivity index is 1.59. The van der Waals surface area contributed by atoms with Crippen molar-refractivity contribution in [3.05, 3.63) is 30.2 Å². The summed E-state index contributed by atoms with van der Waals surface area (Å²) in [6.45, 7) is 1.26. The summed E-state index contributed by atoms with van der Waals surface area (Å²) >= 11 is 0. The molecule has 0 N–H and O–H groups in total. The molecule has 1 saturated heterocycles. The second kappa shape index (κ2) is 6.56. The minimum absolute atomic E-state index is 0.106. The van der Waals surface area contributed by atoms with Gasteiger partial charge in [0.05, 0.1) is 6.54 Å². The summed E-state index contributed by atoms with van der Waals surface area (Å²) in [6, 6.07) is 1.97. The lowest BCUT2D eigenvalue weighted by Gasteiger charge is -2.24. The smallest absolute Gasteiger partial charge is 0.251 e. The normalized spacial score (nSPS) is 24.0. The first-order valence-electron chi connectivity index (χ1n) is 7.59. The second-order valence-corrected chi connectivity index (χ2v) is 5.62. The number of nitrogens with zero attached hydrogens (tertiary/aromatic N) is 4. The molecule has 1 aliphatic heterocycles. The minimum atomic E-state index is -0.119. The van der Waals surface area contributed by atoms with E-state index in [4.69, 9.17) is 10.00 Å². The molecule has 2 atom stereocenters. The molecule has 6 heteroatoms. The Kier molecular flexibility index (Phi) is 4.33. The maximum absolute atomic E-state index is 12.5. The van der Waals surface area contributed by atoms with E-state index < -0.39 is 0 Å². The maximum Gasteiger partial charge on any atom is 0.251 e. The molecule has 0 spiro atoms. The molecule has 2 unspecified atom stereocenters. The van der Waals surface area contributed by atoms with Gasteiger partial charge in [-0.3, -0.25) is 4.79 Å². The van der Waals surface area contributed by atoms with Gasteiger partial charge in [-0.2, -0.15) is 5.26 Å². The topological polar surface area (TPSA) is 79.1 Å². The third kappa shape index (κ3) is 3.08. The first kappa shape index (κ1) is 14.5. The number of carbonyl (C=O) groups is 1. The van der Waals surface area contributed by atoms with Crippen molar-refractivity contribution < 1.29 is 9.53 Å². The van der Waals surface area contributed by atoms with Crippen molar-refractivity contribution in [3.63, 3.8) is 0 Å². The summed E-state index contributed by atoms with van der Waals surface area (Å²) in [4.78, 5) is 22.3. The van der Waals surface area contributed by atoms with Gasteiger partial charge in [0.15, 0.2) is 0 Å². The van der Waals surface area contributed by atoms with Gasteiger partial charge in [-0.15, -0.1) is 0 Å². The Morgan fingerprint density at radius 2 is 2.18 bits per heavy atom. The van der Waals surface area contributed by atoms with E-state index in [0.717, 1.165) is 25.7 Å². The Morgan fingerprint density at radius 1 is 1.32 bits per heavy atom. The second-order valence-electron chi connectivity index (χ2n) is 5.62. The predicted octanol–water partition coefficient (Wildman–Crippen LogP) is 1.68. The summed E-state index contributed by atoms with van der Waals surface area (Å²) in [6.07, 6.45) is 10.6. The van der Waals surface area contributed by atoms with Gasteiger partial charge in [-0.25, -0.2) is 9.97 Å². The van der Waals surface area contributed by atoms with E-state index in [9.17, 15) is 4.79 Å². The molecule has 1 fully saturated rings. The summed E-state index contributed by atoms with van der Waals surface area (Å²) in [5.41, 5.74) is 0.185. The molecule has 0 aromatic carbocycles. The molecule has 1 aromatic rings. The molecule has 1 aliphatic carbocycles. The molecule has 1 aromatic heterocycles. The zero-order valence-electron chi connectivity index (χ0n) is 12.3. The summed E-state index contributed by atoms with van der Waals surface area (Å²) in [5.74, 6) is 0.579. The van der Waals surface area contributed by atoms with Crippen LogP contribution in [0, 0.1) is 17.2 Å². The first-order valence-corrected chi connectivity index (χ1v) is 7.59. The van der Waals surface area contributed by atoms with E-state index in [1.165, 1.54) is 12.4 Å². The van der Waals surface area contributed by atoms with Crippen LogP contribution in [0.5, 0.6) is 5.88 Å². The molecule has 22 heavy (non-hydrogen) atoms. The SMILES string of the molecule is N#Cc1nccnc1OC1CCN(C(=O)C2CC=CCC2)C1. The van der Waals surface area contributed by atoms with Gasteiger partial charge in [0.2, 0.25) is 11.6 Å². The minimum Gasteiger partial charge on any atom is -0.470 e. The van der Waals surface area contributed by atoms with Crippen molar-refractivity contribution in [2.75, 3.05) is 13.1 Å². The number of hydrogen-bond donors (Lipinski definition) is 0. The molecule has 0 bridgehead atoms. The molecular formula is C16H18N4O2.